The molecule has 9 nitrogen and oxygen atoms in total. The van der Waals surface area contributed by atoms with E-state index in [0.717, 1.165) is 62.0 Å². The second-order valence-corrected chi connectivity index (χ2v) is 10.5. The Bertz CT molecular complexity index is 1110. The van der Waals surface area contributed by atoms with E-state index < -0.39 is 5.54 Å². The van der Waals surface area contributed by atoms with E-state index >= 15 is 0 Å². The van der Waals surface area contributed by atoms with E-state index in [1.165, 1.54) is 0 Å². The van der Waals surface area contributed by atoms with Crippen molar-refractivity contribution in [2.75, 3.05) is 19.7 Å². The predicted octanol–water partition coefficient (Wildman–Crippen LogP) is 3.24. The minimum absolute atomic E-state index is 0.00980. The third-order valence-corrected chi connectivity index (χ3v) is 7.89. The third kappa shape index (κ3) is 4.81. The number of carbonyl (C=O) groups is 1. The smallest absolute Gasteiger partial charge is 0.232 e. The van der Waals surface area contributed by atoms with Gasteiger partial charge in [0.2, 0.25) is 5.91 Å². The molecule has 3 aliphatic rings. The summed E-state index contributed by atoms with van der Waals surface area (Å²) in [5.74, 6) is 0.214. The first-order chi connectivity index (χ1) is 16.9. The van der Waals surface area contributed by atoms with Crippen LogP contribution in [0.1, 0.15) is 64.0 Å². The quantitative estimate of drug-likeness (QED) is 0.668. The number of nitrogens with one attached hydrogen (secondary N) is 1. The highest BCUT2D eigenvalue weighted by Gasteiger charge is 2.42. The number of aliphatic imine (C=N–C) groups is 1. The molecule has 3 N–H and O–H groups in total. The number of rotatable bonds is 4. The van der Waals surface area contributed by atoms with E-state index in [1.807, 2.05) is 42.9 Å². The molecule has 2 fully saturated rings. The minimum Gasteiger partial charge on any atom is -0.378 e. The number of hydrogen-bond acceptors (Lipinski definition) is 7. The van der Waals surface area contributed by atoms with Gasteiger partial charge in [-0.15, -0.1) is 5.10 Å². The highest BCUT2D eigenvalue weighted by molar-refractivity contribution is 6.34. The Morgan fingerprint density at radius 3 is 2.89 bits per heavy atom. The number of aromatic nitrogens is 3. The number of halogens is 1. The van der Waals surface area contributed by atoms with Gasteiger partial charge in [-0.1, -0.05) is 35.0 Å². The van der Waals surface area contributed by atoms with Crippen molar-refractivity contribution in [2.45, 2.75) is 76.1 Å². The van der Waals surface area contributed by atoms with Crippen LogP contribution in [0, 0.1) is 0 Å². The molecule has 0 radical (unpaired) electrons. The van der Waals surface area contributed by atoms with Gasteiger partial charge in [-0.05, 0) is 64.6 Å². The van der Waals surface area contributed by atoms with Crippen LogP contribution in [0.15, 0.2) is 29.4 Å². The van der Waals surface area contributed by atoms with Crippen LogP contribution < -0.4 is 11.1 Å². The predicted molar refractivity (Wildman–Crippen MR) is 135 cm³/mol. The van der Waals surface area contributed by atoms with E-state index in [9.17, 15) is 4.79 Å². The lowest BCUT2D eigenvalue weighted by Crippen LogP contribution is -2.56. The fraction of sp³-hybridized carbons (Fsp3) is 0.600. The van der Waals surface area contributed by atoms with Crippen LogP contribution >= 0.6 is 11.6 Å². The molecule has 0 aliphatic carbocycles. The fourth-order valence-electron chi connectivity index (χ4n) is 5.60. The van der Waals surface area contributed by atoms with Gasteiger partial charge in [-0.2, -0.15) is 0 Å². The Morgan fingerprint density at radius 2 is 2.09 bits per heavy atom. The van der Waals surface area contributed by atoms with Crippen LogP contribution in [0.3, 0.4) is 0 Å². The molecule has 5 rings (SSSR count). The van der Waals surface area contributed by atoms with Crippen molar-refractivity contribution in [3.63, 3.8) is 0 Å². The summed E-state index contributed by atoms with van der Waals surface area (Å²) in [7, 11) is 0. The molecule has 188 valence electrons. The van der Waals surface area contributed by atoms with Gasteiger partial charge in [0, 0.05) is 18.2 Å². The van der Waals surface area contributed by atoms with Gasteiger partial charge in [0.15, 0.2) is 5.96 Å². The van der Waals surface area contributed by atoms with Gasteiger partial charge in [-0.3, -0.25) is 9.69 Å². The Hall–Kier alpha value is -2.49. The number of hydrogen-bond donors (Lipinski definition) is 2. The van der Waals surface area contributed by atoms with Crippen LogP contribution in [0.5, 0.6) is 0 Å². The Labute approximate surface area is 211 Å². The normalized spacial score (nSPS) is 30.1. The molecule has 0 saturated carbocycles. The van der Waals surface area contributed by atoms with Gasteiger partial charge in [0.25, 0.3) is 0 Å². The standard InChI is InChI=1S/C25H34ClN7O2/c1-16-13-18(9-12-35-16)33-22(34)14-25(2,29-24(33)27)20-7-3-6-19(23(20)26)21-15-32(31-30-21)17-5-4-10-28-11-8-17/h3,6-7,15-18,28H,4-5,8-14H2,1-2H3,(H2,27,29)/t16-,17?,18-,25-/m0/s1. The van der Waals surface area contributed by atoms with E-state index in [-0.39, 0.29) is 30.4 Å². The maximum atomic E-state index is 13.3. The maximum Gasteiger partial charge on any atom is 0.232 e. The molecule has 35 heavy (non-hydrogen) atoms. The molecule has 1 unspecified atom stereocenters. The zero-order chi connectivity index (χ0) is 24.6. The summed E-state index contributed by atoms with van der Waals surface area (Å²) in [4.78, 5) is 19.8. The first kappa shape index (κ1) is 24.2. The number of ether oxygens (including phenoxy) is 1. The second-order valence-electron chi connectivity index (χ2n) is 10.1. The van der Waals surface area contributed by atoms with Gasteiger partial charge >= 0.3 is 0 Å². The molecule has 1 amide bonds. The second kappa shape index (κ2) is 9.87. The van der Waals surface area contributed by atoms with Crippen LogP contribution in [-0.2, 0) is 15.1 Å². The van der Waals surface area contributed by atoms with Crippen LogP contribution in [0.2, 0.25) is 5.02 Å². The molecule has 4 atom stereocenters. The molecule has 3 aliphatic heterocycles. The summed E-state index contributed by atoms with van der Waals surface area (Å²) in [6, 6.07) is 6.12. The van der Waals surface area contributed by atoms with Crippen molar-refractivity contribution in [1.29, 1.82) is 0 Å². The zero-order valence-corrected chi connectivity index (χ0v) is 21.2. The van der Waals surface area contributed by atoms with E-state index in [1.54, 1.807) is 4.90 Å². The Morgan fingerprint density at radius 1 is 1.23 bits per heavy atom. The molecule has 0 spiro atoms. The Balaban J connectivity index is 1.43. The Kier molecular flexibility index (Phi) is 6.83. The van der Waals surface area contributed by atoms with Crippen molar-refractivity contribution < 1.29 is 9.53 Å². The van der Waals surface area contributed by atoms with Crippen LogP contribution in [0.25, 0.3) is 11.3 Å². The highest BCUT2D eigenvalue weighted by Crippen LogP contribution is 2.41. The summed E-state index contributed by atoms with van der Waals surface area (Å²) in [6.45, 7) is 6.57. The molecule has 4 heterocycles. The lowest BCUT2D eigenvalue weighted by Gasteiger charge is -2.41. The zero-order valence-electron chi connectivity index (χ0n) is 20.4. The maximum absolute atomic E-state index is 13.3. The molecular weight excluding hydrogens is 466 g/mol. The van der Waals surface area contributed by atoms with Crippen LogP contribution in [0.4, 0.5) is 0 Å². The SMILES string of the molecule is C[C@H]1C[C@@H](N2C(=O)C[C@@](C)(c3cccc(-c4cn(C5CCCNCC5)nn4)c3Cl)N=C2N)CCO1. The summed E-state index contributed by atoms with van der Waals surface area (Å²) in [5, 5.41) is 12.8. The highest BCUT2D eigenvalue weighted by atomic mass is 35.5. The van der Waals surface area contributed by atoms with Gasteiger partial charge in [0.05, 0.1) is 35.3 Å². The number of benzene rings is 1. The summed E-state index contributed by atoms with van der Waals surface area (Å²) >= 11 is 6.95. The van der Waals surface area contributed by atoms with E-state index in [0.29, 0.717) is 17.7 Å². The van der Waals surface area contributed by atoms with Gasteiger partial charge < -0.3 is 15.8 Å². The molecule has 1 aromatic carbocycles. The number of guanidine groups is 1. The minimum atomic E-state index is -0.857. The number of nitrogens with two attached hydrogens (primary N) is 1. The summed E-state index contributed by atoms with van der Waals surface area (Å²) < 4.78 is 7.60. The molecular formula is C25H34ClN7O2. The molecule has 10 heteroatoms. The number of amides is 1. The fourth-order valence-corrected chi connectivity index (χ4v) is 6.02. The van der Waals surface area contributed by atoms with Gasteiger partial charge in [0.1, 0.15) is 5.69 Å². The van der Waals surface area contributed by atoms with Gasteiger partial charge in [-0.25, -0.2) is 9.67 Å². The van der Waals surface area contributed by atoms with Crippen molar-refractivity contribution in [2.24, 2.45) is 10.7 Å². The lowest BCUT2D eigenvalue weighted by atomic mass is 9.85. The first-order valence-electron chi connectivity index (χ1n) is 12.6. The third-order valence-electron chi connectivity index (χ3n) is 7.48. The average Bonchev–Trinajstić information content (AvgIpc) is 3.13. The molecule has 2 aromatic rings. The first-order valence-corrected chi connectivity index (χ1v) is 12.9. The van der Waals surface area contributed by atoms with Crippen LogP contribution in [-0.4, -0.2) is 63.6 Å². The van der Waals surface area contributed by atoms with Crippen molar-refractivity contribution in [3.05, 3.63) is 35.0 Å². The van der Waals surface area contributed by atoms with E-state index in [2.05, 4.69) is 15.6 Å². The summed E-state index contributed by atoms with van der Waals surface area (Å²) in [5.41, 5.74) is 7.81. The largest absolute Gasteiger partial charge is 0.378 e. The van der Waals surface area contributed by atoms with E-state index in [4.69, 9.17) is 27.1 Å². The summed E-state index contributed by atoms with van der Waals surface area (Å²) in [6.07, 6.45) is 6.98. The topological polar surface area (TPSA) is 111 Å². The monoisotopic (exact) mass is 499 g/mol. The molecule has 1 aromatic heterocycles. The number of carbonyl (C=O) groups excluding carboxylic acids is 1. The van der Waals surface area contributed by atoms with Crippen molar-refractivity contribution in [3.8, 4) is 11.3 Å². The van der Waals surface area contributed by atoms with Crippen molar-refractivity contribution in [1.82, 2.24) is 25.2 Å². The lowest BCUT2D eigenvalue weighted by molar-refractivity contribution is -0.133. The molecule has 2 saturated heterocycles. The average molecular weight is 500 g/mol. The number of nitrogens with zero attached hydrogens (tertiary/aromatic N) is 5. The van der Waals surface area contributed by atoms with Crippen molar-refractivity contribution >= 4 is 23.5 Å². The molecule has 0 bridgehead atoms.